The Morgan fingerprint density at radius 3 is 1.79 bits per heavy atom. The molecular formula is C25H36Cl2Zr. The molecule has 0 aromatic carbocycles. The molecule has 0 atom stereocenters. The minimum absolute atomic E-state index is 0. The number of halogens is 2. The van der Waals surface area contributed by atoms with Crippen molar-refractivity contribution >= 4 is 3.21 Å². The van der Waals surface area contributed by atoms with Crippen LogP contribution in [0.1, 0.15) is 92.4 Å². The fourth-order valence-corrected chi connectivity index (χ4v) is 14.5. The zero-order valence-corrected chi connectivity index (χ0v) is 22.3. The number of rotatable bonds is 2. The zero-order valence-electron chi connectivity index (χ0n) is 18.4. The van der Waals surface area contributed by atoms with Crippen molar-refractivity contribution in [3.63, 3.8) is 0 Å². The second-order valence-electron chi connectivity index (χ2n) is 10.1. The fourth-order valence-electron chi connectivity index (χ4n) is 5.77. The van der Waals surface area contributed by atoms with E-state index in [4.69, 9.17) is 0 Å². The predicted molar refractivity (Wildman–Crippen MR) is 111 cm³/mol. The van der Waals surface area contributed by atoms with Crippen molar-refractivity contribution in [3.8, 4) is 0 Å². The Bertz CT molecular complexity index is 748. The fraction of sp³-hybridized carbons (Fsp3) is 0.640. The van der Waals surface area contributed by atoms with Crippen molar-refractivity contribution in [1.29, 1.82) is 0 Å². The van der Waals surface area contributed by atoms with Gasteiger partial charge in [-0.15, -0.1) is 0 Å². The summed E-state index contributed by atoms with van der Waals surface area (Å²) in [4.78, 5) is 0. The number of allylic oxidation sites excluding steroid dienone is 8. The summed E-state index contributed by atoms with van der Waals surface area (Å²) < 4.78 is 4.62. The van der Waals surface area contributed by atoms with Gasteiger partial charge in [-0.05, 0) is 0 Å². The van der Waals surface area contributed by atoms with E-state index < -0.39 is 21.3 Å². The normalized spacial score (nSPS) is 21.7. The molecule has 0 bridgehead atoms. The van der Waals surface area contributed by atoms with Gasteiger partial charge in [0.05, 0.1) is 0 Å². The SMILES string of the molecule is C[C](C)=[Zr+2]([C]1=CC(C(C)(C)C)=CC1)[CH]1C2=C(CCCC2)C2=C1CCCC2.[Cl-].[Cl-]. The number of fused-ring (bicyclic) bond motifs is 1. The van der Waals surface area contributed by atoms with Crippen LogP contribution in [0.25, 0.3) is 0 Å². The first kappa shape index (κ1) is 24.6. The van der Waals surface area contributed by atoms with Gasteiger partial charge in [-0.2, -0.15) is 0 Å². The van der Waals surface area contributed by atoms with Crippen molar-refractivity contribution < 1.29 is 46.1 Å². The molecule has 4 aliphatic rings. The average Bonchev–Trinajstić information content (AvgIpc) is 3.20. The van der Waals surface area contributed by atoms with Crippen LogP contribution < -0.4 is 24.8 Å². The summed E-state index contributed by atoms with van der Waals surface area (Å²) in [5, 5.41) is 0. The molecule has 4 rings (SSSR count). The standard InChI is InChI=1S/C13H17.C9H13.C3H6.2ClH.Zr/c1-3-7-12-10(5-1)9-11-6-2-4-8-13(11)12;1-9(2,3)8-6-4-5-7-8;1-3-2;;;/h9H,1-8H2;6-7H,4H2,1-3H3;1-2H3;2*1H;/q;;;;;+2/p-2. The molecule has 28 heavy (non-hydrogen) atoms. The van der Waals surface area contributed by atoms with Gasteiger partial charge >= 0.3 is 169 Å². The molecule has 0 fully saturated rings. The van der Waals surface area contributed by atoms with E-state index in [9.17, 15) is 0 Å². The van der Waals surface area contributed by atoms with E-state index in [2.05, 4.69) is 46.8 Å². The molecule has 0 N–H and O–H groups in total. The number of hydrogen-bond donors (Lipinski definition) is 0. The maximum Gasteiger partial charge on any atom is -1.00 e. The third-order valence-electron chi connectivity index (χ3n) is 6.99. The maximum atomic E-state index is 2.66. The van der Waals surface area contributed by atoms with E-state index in [-0.39, 0.29) is 24.8 Å². The van der Waals surface area contributed by atoms with E-state index in [1.54, 1.807) is 5.57 Å². The van der Waals surface area contributed by atoms with Gasteiger partial charge in [0.15, 0.2) is 0 Å². The third kappa shape index (κ3) is 4.48. The first-order chi connectivity index (χ1) is 12.4. The molecule has 0 aliphatic heterocycles. The van der Waals surface area contributed by atoms with Crippen molar-refractivity contribution in [2.24, 2.45) is 5.41 Å². The molecular weight excluding hydrogens is 462 g/mol. The zero-order chi connectivity index (χ0) is 18.5. The second-order valence-corrected chi connectivity index (χ2v) is 17.5. The summed E-state index contributed by atoms with van der Waals surface area (Å²) in [5.41, 5.74) is 9.54. The van der Waals surface area contributed by atoms with Gasteiger partial charge in [-0.25, -0.2) is 0 Å². The molecule has 0 amide bonds. The molecule has 0 nitrogen and oxygen atoms in total. The van der Waals surface area contributed by atoms with Crippen LogP contribution in [0, 0.1) is 5.41 Å². The Morgan fingerprint density at radius 2 is 1.36 bits per heavy atom. The van der Waals surface area contributed by atoms with Crippen molar-refractivity contribution in [2.75, 3.05) is 0 Å². The van der Waals surface area contributed by atoms with Crippen LogP contribution in [0.2, 0.25) is 3.63 Å². The van der Waals surface area contributed by atoms with Gasteiger partial charge < -0.3 is 24.8 Å². The summed E-state index contributed by atoms with van der Waals surface area (Å²) in [7, 11) is 0. The maximum absolute atomic E-state index is 2.66. The van der Waals surface area contributed by atoms with Crippen molar-refractivity contribution in [2.45, 2.75) is 96.0 Å². The summed E-state index contributed by atoms with van der Waals surface area (Å²) in [6.07, 6.45) is 17.9. The van der Waals surface area contributed by atoms with Crippen LogP contribution in [0.4, 0.5) is 0 Å². The molecule has 0 spiro atoms. The van der Waals surface area contributed by atoms with E-state index in [0.29, 0.717) is 5.41 Å². The quantitative estimate of drug-likeness (QED) is 0.543. The van der Waals surface area contributed by atoms with Gasteiger partial charge in [0.1, 0.15) is 0 Å². The van der Waals surface area contributed by atoms with E-state index >= 15 is 0 Å². The molecule has 0 saturated heterocycles. The van der Waals surface area contributed by atoms with Crippen LogP contribution in [0.5, 0.6) is 0 Å². The predicted octanol–water partition coefficient (Wildman–Crippen LogP) is 1.63. The first-order valence-corrected chi connectivity index (χ1v) is 14.8. The van der Waals surface area contributed by atoms with Gasteiger partial charge in [0, 0.05) is 0 Å². The molecule has 0 radical (unpaired) electrons. The Hall–Kier alpha value is 0.293. The Labute approximate surface area is 193 Å². The first-order valence-electron chi connectivity index (χ1n) is 10.9. The largest absolute Gasteiger partial charge is 1.00 e. The Balaban J connectivity index is 0.00000140. The van der Waals surface area contributed by atoms with Crippen LogP contribution in [-0.2, 0) is 21.3 Å². The Morgan fingerprint density at radius 1 is 0.857 bits per heavy atom. The summed E-state index contributed by atoms with van der Waals surface area (Å²) >= 11 is -1.82. The van der Waals surface area contributed by atoms with Gasteiger partial charge in [-0.1, -0.05) is 0 Å². The topological polar surface area (TPSA) is 0 Å². The molecule has 154 valence electrons. The number of hydrogen-bond acceptors (Lipinski definition) is 0. The minimum Gasteiger partial charge on any atom is -1.00 e. The molecule has 0 saturated carbocycles. The van der Waals surface area contributed by atoms with Gasteiger partial charge in [0.2, 0.25) is 0 Å². The summed E-state index contributed by atoms with van der Waals surface area (Å²) in [5.74, 6) is 0. The molecule has 4 aliphatic carbocycles. The molecule has 3 heteroatoms. The monoisotopic (exact) mass is 496 g/mol. The molecule has 0 heterocycles. The van der Waals surface area contributed by atoms with E-state index in [0.717, 1.165) is 3.63 Å². The molecule has 0 unspecified atom stereocenters. The van der Waals surface area contributed by atoms with Crippen LogP contribution in [0.15, 0.2) is 43.3 Å². The van der Waals surface area contributed by atoms with E-state index in [1.165, 1.54) is 57.8 Å². The van der Waals surface area contributed by atoms with Crippen molar-refractivity contribution in [1.82, 2.24) is 0 Å². The second kappa shape index (κ2) is 9.62. The van der Waals surface area contributed by atoms with Crippen LogP contribution >= 0.6 is 0 Å². The van der Waals surface area contributed by atoms with E-state index in [1.807, 2.05) is 28.8 Å². The third-order valence-corrected chi connectivity index (χ3v) is 15.3. The van der Waals surface area contributed by atoms with Gasteiger partial charge in [-0.3, -0.25) is 0 Å². The van der Waals surface area contributed by atoms with Crippen LogP contribution in [-0.4, -0.2) is 3.21 Å². The van der Waals surface area contributed by atoms with Gasteiger partial charge in [0.25, 0.3) is 0 Å². The smallest absolute Gasteiger partial charge is 1.00 e. The average molecular weight is 499 g/mol. The molecule has 0 aromatic heterocycles. The summed E-state index contributed by atoms with van der Waals surface area (Å²) in [6.45, 7) is 12.1. The van der Waals surface area contributed by atoms with Crippen molar-refractivity contribution in [3.05, 3.63) is 43.3 Å². The Kier molecular flexibility index (Phi) is 8.44. The summed E-state index contributed by atoms with van der Waals surface area (Å²) in [6, 6.07) is 0. The van der Waals surface area contributed by atoms with Crippen LogP contribution in [0.3, 0.4) is 0 Å². The molecule has 0 aromatic rings. The minimum atomic E-state index is -1.82.